The van der Waals surface area contributed by atoms with Crippen molar-refractivity contribution in [3.05, 3.63) is 11.4 Å². The van der Waals surface area contributed by atoms with E-state index in [0.717, 1.165) is 24.2 Å². The summed E-state index contributed by atoms with van der Waals surface area (Å²) in [7, 11) is 0. The third-order valence-corrected chi connectivity index (χ3v) is 2.52. The molecule has 5 nitrogen and oxygen atoms in total. The normalized spacial score (nSPS) is 11.6. The maximum Gasteiger partial charge on any atom is 0.221 e. The van der Waals surface area contributed by atoms with Crippen molar-refractivity contribution in [1.29, 1.82) is 0 Å². The van der Waals surface area contributed by atoms with Gasteiger partial charge in [-0.05, 0) is 34.1 Å². The molecular weight excluding hydrogens is 242 g/mol. The van der Waals surface area contributed by atoms with Crippen molar-refractivity contribution in [2.75, 3.05) is 18.9 Å². The number of ether oxygens (including phenoxy) is 2. The molecule has 0 unspecified atom stereocenters. The maximum absolute atomic E-state index is 5.86. The van der Waals surface area contributed by atoms with Gasteiger partial charge in [-0.1, -0.05) is 6.92 Å². The van der Waals surface area contributed by atoms with Crippen molar-refractivity contribution in [3.63, 3.8) is 0 Å². The number of nitrogen functional groups attached to an aromatic ring is 1. The highest BCUT2D eigenvalue weighted by molar-refractivity contribution is 5.44. The van der Waals surface area contributed by atoms with Gasteiger partial charge in [0.15, 0.2) is 0 Å². The molecule has 0 saturated carbocycles. The quantitative estimate of drug-likeness (QED) is 0.802. The zero-order chi connectivity index (χ0) is 14.5. The van der Waals surface area contributed by atoms with Crippen LogP contribution >= 0.6 is 0 Å². The molecular formula is C14H25N3O2. The van der Waals surface area contributed by atoms with Gasteiger partial charge in [-0.25, -0.2) is 4.98 Å². The molecule has 108 valence electrons. The van der Waals surface area contributed by atoms with Gasteiger partial charge < -0.3 is 15.2 Å². The Kier molecular flexibility index (Phi) is 5.54. The predicted octanol–water partition coefficient (Wildman–Crippen LogP) is 2.51. The van der Waals surface area contributed by atoms with E-state index in [0.29, 0.717) is 24.9 Å². The fourth-order valence-corrected chi connectivity index (χ4v) is 1.52. The van der Waals surface area contributed by atoms with E-state index in [1.807, 2.05) is 27.7 Å². The lowest BCUT2D eigenvalue weighted by Gasteiger charge is -2.19. The first-order valence-electron chi connectivity index (χ1n) is 6.73. The van der Waals surface area contributed by atoms with Crippen LogP contribution < -0.4 is 10.5 Å². The molecule has 0 spiro atoms. The summed E-state index contributed by atoms with van der Waals surface area (Å²) in [5.74, 6) is 1.79. The lowest BCUT2D eigenvalue weighted by molar-refractivity contribution is -0.0169. The molecule has 0 aromatic carbocycles. The van der Waals surface area contributed by atoms with Crippen molar-refractivity contribution in [1.82, 2.24) is 9.97 Å². The maximum atomic E-state index is 5.86. The minimum atomic E-state index is -0.156. The number of anilines is 1. The van der Waals surface area contributed by atoms with E-state index in [9.17, 15) is 0 Å². The zero-order valence-electron chi connectivity index (χ0n) is 12.6. The molecule has 0 saturated heterocycles. The van der Waals surface area contributed by atoms with Gasteiger partial charge in [0.1, 0.15) is 18.2 Å². The molecule has 1 aromatic rings. The number of nitrogens with zero attached hydrogens (tertiary/aromatic N) is 2. The SMILES string of the molecule is CCCc1nc(N)c(C)c(OCCOC(C)(C)C)n1. The average Bonchev–Trinajstić information content (AvgIpc) is 2.29. The van der Waals surface area contributed by atoms with Crippen LogP contribution in [0.25, 0.3) is 0 Å². The second-order valence-corrected chi connectivity index (χ2v) is 5.51. The third-order valence-electron chi connectivity index (χ3n) is 2.52. The number of aryl methyl sites for hydroxylation is 1. The first-order chi connectivity index (χ1) is 8.83. The molecule has 0 aliphatic heterocycles. The molecule has 0 aliphatic rings. The van der Waals surface area contributed by atoms with Crippen LogP contribution in [-0.2, 0) is 11.2 Å². The van der Waals surface area contributed by atoms with Crippen molar-refractivity contribution >= 4 is 5.82 Å². The van der Waals surface area contributed by atoms with Gasteiger partial charge >= 0.3 is 0 Å². The molecule has 0 fully saturated rings. The van der Waals surface area contributed by atoms with E-state index >= 15 is 0 Å². The van der Waals surface area contributed by atoms with Crippen LogP contribution in [0.4, 0.5) is 5.82 Å². The Bertz CT molecular complexity index is 414. The fourth-order valence-electron chi connectivity index (χ4n) is 1.52. The molecule has 0 amide bonds. The highest BCUT2D eigenvalue weighted by Crippen LogP contribution is 2.20. The third kappa shape index (κ3) is 5.42. The minimum Gasteiger partial charge on any atom is -0.475 e. The van der Waals surface area contributed by atoms with E-state index in [1.165, 1.54) is 0 Å². The molecule has 0 atom stereocenters. The van der Waals surface area contributed by atoms with Gasteiger partial charge in [-0.3, -0.25) is 0 Å². The summed E-state index contributed by atoms with van der Waals surface area (Å²) in [5, 5.41) is 0. The van der Waals surface area contributed by atoms with Crippen LogP contribution in [0, 0.1) is 6.92 Å². The van der Waals surface area contributed by atoms with E-state index in [1.54, 1.807) is 0 Å². The number of rotatable bonds is 6. The first kappa shape index (κ1) is 15.7. The Balaban J connectivity index is 2.61. The molecule has 5 heteroatoms. The highest BCUT2D eigenvalue weighted by Gasteiger charge is 2.12. The lowest BCUT2D eigenvalue weighted by Crippen LogP contribution is -2.22. The molecule has 0 bridgehead atoms. The van der Waals surface area contributed by atoms with E-state index in [2.05, 4.69) is 16.9 Å². The summed E-state index contributed by atoms with van der Waals surface area (Å²) < 4.78 is 11.2. The summed E-state index contributed by atoms with van der Waals surface area (Å²) in [6.45, 7) is 11.0. The summed E-state index contributed by atoms with van der Waals surface area (Å²) >= 11 is 0. The van der Waals surface area contributed by atoms with Gasteiger partial charge in [-0.2, -0.15) is 4.98 Å². The second kappa shape index (κ2) is 6.70. The Morgan fingerprint density at radius 3 is 2.42 bits per heavy atom. The molecule has 1 aromatic heterocycles. The molecule has 0 radical (unpaired) electrons. The standard InChI is InChI=1S/C14H25N3O2/c1-6-7-11-16-12(15)10(2)13(17-11)18-8-9-19-14(3,4)5/h6-9H2,1-5H3,(H2,15,16,17). The Morgan fingerprint density at radius 2 is 1.84 bits per heavy atom. The molecule has 2 N–H and O–H groups in total. The van der Waals surface area contributed by atoms with Crippen LogP contribution in [0.2, 0.25) is 0 Å². The smallest absolute Gasteiger partial charge is 0.221 e. The monoisotopic (exact) mass is 267 g/mol. The van der Waals surface area contributed by atoms with Crippen molar-refractivity contribution in [3.8, 4) is 5.88 Å². The van der Waals surface area contributed by atoms with Gasteiger partial charge in [0.25, 0.3) is 0 Å². The van der Waals surface area contributed by atoms with Crippen molar-refractivity contribution < 1.29 is 9.47 Å². The molecule has 1 heterocycles. The van der Waals surface area contributed by atoms with Crippen LogP contribution in [0.15, 0.2) is 0 Å². The van der Waals surface area contributed by atoms with E-state index < -0.39 is 0 Å². The zero-order valence-corrected chi connectivity index (χ0v) is 12.6. The average molecular weight is 267 g/mol. The number of hydrogen-bond donors (Lipinski definition) is 1. The summed E-state index contributed by atoms with van der Waals surface area (Å²) in [6.07, 6.45) is 1.79. The van der Waals surface area contributed by atoms with Crippen molar-refractivity contribution in [2.45, 2.75) is 53.1 Å². The molecule has 0 aliphatic carbocycles. The summed E-state index contributed by atoms with van der Waals surface area (Å²) in [6, 6.07) is 0. The Hall–Kier alpha value is -1.36. The second-order valence-electron chi connectivity index (χ2n) is 5.51. The van der Waals surface area contributed by atoms with Gasteiger partial charge in [-0.15, -0.1) is 0 Å². The molecule has 19 heavy (non-hydrogen) atoms. The summed E-state index contributed by atoms with van der Waals surface area (Å²) in [5.41, 5.74) is 6.49. The van der Waals surface area contributed by atoms with Gasteiger partial charge in [0.2, 0.25) is 5.88 Å². The van der Waals surface area contributed by atoms with Crippen LogP contribution in [0.1, 0.15) is 45.5 Å². The predicted molar refractivity (Wildman–Crippen MR) is 76.4 cm³/mol. The number of aromatic nitrogens is 2. The number of nitrogens with two attached hydrogens (primary N) is 1. The first-order valence-corrected chi connectivity index (χ1v) is 6.73. The largest absolute Gasteiger partial charge is 0.475 e. The Morgan fingerprint density at radius 1 is 1.16 bits per heavy atom. The lowest BCUT2D eigenvalue weighted by atomic mass is 10.2. The fraction of sp³-hybridized carbons (Fsp3) is 0.714. The highest BCUT2D eigenvalue weighted by atomic mass is 16.5. The van der Waals surface area contributed by atoms with Gasteiger partial charge in [0, 0.05) is 6.42 Å². The van der Waals surface area contributed by atoms with Crippen LogP contribution in [-0.4, -0.2) is 28.8 Å². The minimum absolute atomic E-state index is 0.156. The van der Waals surface area contributed by atoms with E-state index in [-0.39, 0.29) is 5.60 Å². The summed E-state index contributed by atoms with van der Waals surface area (Å²) in [4.78, 5) is 8.63. The van der Waals surface area contributed by atoms with E-state index in [4.69, 9.17) is 15.2 Å². The number of hydrogen-bond acceptors (Lipinski definition) is 5. The Labute approximate surface area is 115 Å². The molecule has 1 rings (SSSR count). The van der Waals surface area contributed by atoms with Crippen LogP contribution in [0.5, 0.6) is 5.88 Å². The van der Waals surface area contributed by atoms with Crippen LogP contribution in [0.3, 0.4) is 0 Å². The van der Waals surface area contributed by atoms with Crippen molar-refractivity contribution in [2.24, 2.45) is 0 Å². The topological polar surface area (TPSA) is 70.3 Å². The van der Waals surface area contributed by atoms with Gasteiger partial charge in [0.05, 0.1) is 17.8 Å².